The molecule has 0 bridgehead atoms. The monoisotopic (exact) mass is 450 g/mol. The standard InChI is InChI=1S/C22H14BrNO5/c1-12-2-3-13(22(27)28)10-19(12)24-20(25)17-9-8-16(11-18(17)21(24)26)29-15-6-4-14(23)5-7-15/h2-11H,1H3,(H,27,28)/p-1. The summed E-state index contributed by atoms with van der Waals surface area (Å²) < 4.78 is 6.68. The van der Waals surface area contributed by atoms with Crippen molar-refractivity contribution in [2.75, 3.05) is 4.90 Å². The molecule has 0 unspecified atom stereocenters. The Labute approximate surface area is 174 Å². The van der Waals surface area contributed by atoms with Crippen LogP contribution in [0.1, 0.15) is 36.6 Å². The summed E-state index contributed by atoms with van der Waals surface area (Å²) in [5, 5.41) is 11.2. The normalized spacial score (nSPS) is 12.8. The number of amides is 2. The van der Waals surface area contributed by atoms with Crippen molar-refractivity contribution >= 4 is 39.4 Å². The van der Waals surface area contributed by atoms with Crippen molar-refractivity contribution in [3.8, 4) is 11.5 Å². The molecule has 0 spiro atoms. The van der Waals surface area contributed by atoms with E-state index in [9.17, 15) is 19.5 Å². The third-order valence-corrected chi connectivity index (χ3v) is 5.12. The van der Waals surface area contributed by atoms with Gasteiger partial charge in [-0.1, -0.05) is 28.1 Å². The molecule has 0 fully saturated rings. The molecule has 1 aliphatic rings. The van der Waals surface area contributed by atoms with Crippen molar-refractivity contribution in [3.05, 3.63) is 87.4 Å². The summed E-state index contributed by atoms with van der Waals surface area (Å²) in [7, 11) is 0. The van der Waals surface area contributed by atoms with E-state index in [1.807, 2.05) is 12.1 Å². The Morgan fingerprint density at radius 2 is 1.55 bits per heavy atom. The van der Waals surface area contributed by atoms with Crippen molar-refractivity contribution in [1.29, 1.82) is 0 Å². The Morgan fingerprint density at radius 3 is 2.24 bits per heavy atom. The molecule has 29 heavy (non-hydrogen) atoms. The molecule has 0 atom stereocenters. The largest absolute Gasteiger partial charge is 0.545 e. The maximum Gasteiger partial charge on any atom is 0.266 e. The number of carboxylic acid groups (broad SMARTS) is 1. The Kier molecular flexibility index (Phi) is 4.68. The number of aryl methyl sites for hydroxylation is 1. The number of anilines is 1. The Morgan fingerprint density at radius 1 is 0.897 bits per heavy atom. The molecule has 0 saturated heterocycles. The van der Waals surface area contributed by atoms with E-state index in [1.54, 1.807) is 25.1 Å². The van der Waals surface area contributed by atoms with Crippen LogP contribution in [0.5, 0.6) is 11.5 Å². The van der Waals surface area contributed by atoms with Gasteiger partial charge >= 0.3 is 0 Å². The first-order valence-electron chi connectivity index (χ1n) is 8.63. The van der Waals surface area contributed by atoms with Gasteiger partial charge in [-0.3, -0.25) is 9.59 Å². The SMILES string of the molecule is Cc1ccc(C(=O)[O-])cc1N1C(=O)c2ccc(Oc3ccc(Br)cc3)cc2C1=O. The number of nitrogens with zero attached hydrogens (tertiary/aromatic N) is 1. The number of carbonyl (C=O) groups excluding carboxylic acids is 3. The molecule has 0 saturated carbocycles. The minimum absolute atomic E-state index is 0.110. The van der Waals surface area contributed by atoms with E-state index in [-0.39, 0.29) is 22.4 Å². The molecule has 0 radical (unpaired) electrons. The van der Waals surface area contributed by atoms with Gasteiger partial charge in [0.25, 0.3) is 11.8 Å². The molecule has 0 N–H and O–H groups in total. The number of imide groups is 1. The average Bonchev–Trinajstić information content (AvgIpc) is 2.94. The second kappa shape index (κ2) is 7.18. The van der Waals surface area contributed by atoms with Crippen LogP contribution >= 0.6 is 15.9 Å². The second-order valence-electron chi connectivity index (χ2n) is 6.50. The van der Waals surface area contributed by atoms with Crippen LogP contribution in [0, 0.1) is 6.92 Å². The molecule has 3 aromatic rings. The van der Waals surface area contributed by atoms with Crippen molar-refractivity contribution in [1.82, 2.24) is 0 Å². The second-order valence-corrected chi connectivity index (χ2v) is 7.41. The van der Waals surface area contributed by atoms with Crippen LogP contribution in [0.3, 0.4) is 0 Å². The van der Waals surface area contributed by atoms with Crippen molar-refractivity contribution in [2.45, 2.75) is 6.92 Å². The van der Waals surface area contributed by atoms with E-state index in [2.05, 4.69) is 15.9 Å². The van der Waals surface area contributed by atoms with Gasteiger partial charge in [-0.2, -0.15) is 0 Å². The van der Waals surface area contributed by atoms with Crippen LogP contribution in [0.4, 0.5) is 5.69 Å². The Hall–Kier alpha value is -3.45. The van der Waals surface area contributed by atoms with Gasteiger partial charge in [0, 0.05) is 4.47 Å². The summed E-state index contributed by atoms with van der Waals surface area (Å²) in [6.45, 7) is 1.69. The topological polar surface area (TPSA) is 86.7 Å². The van der Waals surface area contributed by atoms with Gasteiger partial charge in [0.15, 0.2) is 0 Å². The highest BCUT2D eigenvalue weighted by Gasteiger charge is 2.37. The molecule has 144 valence electrons. The Balaban J connectivity index is 1.69. The fraction of sp³-hybridized carbons (Fsp3) is 0.0455. The van der Waals surface area contributed by atoms with E-state index in [4.69, 9.17) is 4.74 Å². The van der Waals surface area contributed by atoms with Crippen LogP contribution in [0.2, 0.25) is 0 Å². The van der Waals surface area contributed by atoms with Crippen molar-refractivity contribution in [2.24, 2.45) is 0 Å². The molecule has 7 heteroatoms. The number of halogens is 1. The maximum atomic E-state index is 13.0. The number of hydrogen-bond acceptors (Lipinski definition) is 5. The van der Waals surface area contributed by atoms with Crippen molar-refractivity contribution in [3.63, 3.8) is 0 Å². The number of hydrogen-bond donors (Lipinski definition) is 0. The number of carboxylic acids is 1. The van der Waals surface area contributed by atoms with Gasteiger partial charge in [-0.15, -0.1) is 0 Å². The van der Waals surface area contributed by atoms with Crippen molar-refractivity contribution < 1.29 is 24.2 Å². The van der Waals surface area contributed by atoms with Gasteiger partial charge in [0.05, 0.1) is 22.8 Å². The number of benzene rings is 3. The lowest BCUT2D eigenvalue weighted by molar-refractivity contribution is -0.255. The number of aromatic carboxylic acids is 1. The summed E-state index contributed by atoms with van der Waals surface area (Å²) in [5.41, 5.74) is 1.13. The zero-order valence-electron chi connectivity index (χ0n) is 15.1. The van der Waals surface area contributed by atoms with Gasteiger partial charge < -0.3 is 14.6 Å². The van der Waals surface area contributed by atoms with Gasteiger partial charge in [0.2, 0.25) is 0 Å². The van der Waals surface area contributed by atoms with Crippen LogP contribution in [0.25, 0.3) is 0 Å². The quantitative estimate of drug-likeness (QED) is 0.565. The maximum absolute atomic E-state index is 13.0. The average molecular weight is 451 g/mol. The zero-order valence-corrected chi connectivity index (χ0v) is 16.7. The number of fused-ring (bicyclic) bond motifs is 1. The van der Waals surface area contributed by atoms with Gasteiger partial charge in [-0.25, -0.2) is 4.90 Å². The van der Waals surface area contributed by atoms with Gasteiger partial charge in [-0.05, 0) is 66.6 Å². The lowest BCUT2D eigenvalue weighted by Gasteiger charge is -2.18. The molecule has 4 rings (SSSR count). The smallest absolute Gasteiger partial charge is 0.266 e. The Bertz CT molecular complexity index is 1170. The first-order chi connectivity index (χ1) is 13.8. The van der Waals surface area contributed by atoms with Gasteiger partial charge in [0.1, 0.15) is 11.5 Å². The highest BCUT2D eigenvalue weighted by atomic mass is 79.9. The molecule has 0 aliphatic carbocycles. The van der Waals surface area contributed by atoms with E-state index < -0.39 is 17.8 Å². The fourth-order valence-electron chi connectivity index (χ4n) is 3.12. The van der Waals surface area contributed by atoms with Crippen LogP contribution in [0.15, 0.2) is 65.1 Å². The molecule has 6 nitrogen and oxygen atoms in total. The summed E-state index contributed by atoms with van der Waals surface area (Å²) >= 11 is 3.35. The third-order valence-electron chi connectivity index (χ3n) is 4.59. The predicted octanol–water partition coefficient (Wildman–Crippen LogP) is 3.71. The lowest BCUT2D eigenvalue weighted by Crippen LogP contribution is -2.31. The van der Waals surface area contributed by atoms with E-state index in [0.29, 0.717) is 17.1 Å². The lowest BCUT2D eigenvalue weighted by atomic mass is 10.1. The molecule has 1 heterocycles. The highest BCUT2D eigenvalue weighted by molar-refractivity contribution is 9.10. The number of rotatable bonds is 4. The van der Waals surface area contributed by atoms with Crippen LogP contribution < -0.4 is 14.7 Å². The minimum Gasteiger partial charge on any atom is -0.545 e. The van der Waals surface area contributed by atoms with E-state index >= 15 is 0 Å². The molecule has 2 amide bonds. The number of ether oxygens (including phenoxy) is 1. The van der Waals surface area contributed by atoms with E-state index in [1.165, 1.54) is 30.3 Å². The molecule has 0 aromatic heterocycles. The van der Waals surface area contributed by atoms with E-state index in [0.717, 1.165) is 9.37 Å². The highest BCUT2D eigenvalue weighted by Crippen LogP contribution is 2.34. The molecule has 3 aromatic carbocycles. The summed E-state index contributed by atoms with van der Waals surface area (Å²) in [5.74, 6) is -1.44. The molecular formula is C22H13BrNO5-. The van der Waals surface area contributed by atoms with Crippen LogP contribution in [-0.4, -0.2) is 17.8 Å². The first kappa shape index (κ1) is 18.9. The fourth-order valence-corrected chi connectivity index (χ4v) is 3.38. The van der Waals surface area contributed by atoms with Crippen LogP contribution in [-0.2, 0) is 0 Å². The minimum atomic E-state index is -1.38. The first-order valence-corrected chi connectivity index (χ1v) is 9.42. The zero-order chi connectivity index (χ0) is 20.7. The molecular weight excluding hydrogens is 438 g/mol. The third kappa shape index (κ3) is 3.40. The predicted molar refractivity (Wildman–Crippen MR) is 107 cm³/mol. The summed E-state index contributed by atoms with van der Waals surface area (Å²) in [4.78, 5) is 38.0. The summed E-state index contributed by atoms with van der Waals surface area (Å²) in [6.07, 6.45) is 0. The number of carbonyl (C=O) groups is 3. The summed E-state index contributed by atoms with van der Waals surface area (Å²) in [6, 6.07) is 16.0. The molecule has 1 aliphatic heterocycles.